The second-order valence-corrected chi connectivity index (χ2v) is 4.27. The molecule has 1 aromatic heterocycles. The number of pyridine rings is 1. The summed E-state index contributed by atoms with van der Waals surface area (Å²) < 4.78 is 5.30. The molecule has 6 heteroatoms. The van der Waals surface area contributed by atoms with Gasteiger partial charge in [0.2, 0.25) is 0 Å². The Morgan fingerprint density at radius 3 is 2.67 bits per heavy atom. The van der Waals surface area contributed by atoms with Crippen molar-refractivity contribution < 1.29 is 9.84 Å². The van der Waals surface area contributed by atoms with Crippen LogP contribution in [0.1, 0.15) is 5.56 Å². The van der Waals surface area contributed by atoms with Gasteiger partial charge in [0.1, 0.15) is 5.82 Å². The van der Waals surface area contributed by atoms with E-state index in [0.29, 0.717) is 6.42 Å². The van der Waals surface area contributed by atoms with E-state index >= 15 is 0 Å². The first-order valence-corrected chi connectivity index (χ1v) is 5.93. The summed E-state index contributed by atoms with van der Waals surface area (Å²) in [5, 5.41) is 8.89. The van der Waals surface area contributed by atoms with E-state index in [2.05, 4.69) is 9.88 Å². The summed E-state index contributed by atoms with van der Waals surface area (Å²) >= 11 is 0. The fraction of sp³-hybridized carbons (Fsp3) is 0.583. The van der Waals surface area contributed by atoms with Crippen molar-refractivity contribution in [3.05, 3.63) is 23.9 Å². The molecule has 1 saturated heterocycles. The molecule has 0 aromatic carbocycles. The number of halogens is 1. The number of aliphatic hydroxyl groups is 1. The van der Waals surface area contributed by atoms with Crippen LogP contribution in [0.3, 0.4) is 0 Å². The molecule has 0 radical (unpaired) electrons. The third-order valence-electron chi connectivity index (χ3n) is 2.88. The van der Waals surface area contributed by atoms with Crippen molar-refractivity contribution in [2.75, 3.05) is 37.8 Å². The number of ether oxygens (including phenoxy) is 1. The smallest absolute Gasteiger partial charge is 0.128 e. The summed E-state index contributed by atoms with van der Waals surface area (Å²) in [7, 11) is 0. The van der Waals surface area contributed by atoms with Gasteiger partial charge in [-0.1, -0.05) is 6.07 Å². The average molecular weight is 274 g/mol. The minimum absolute atomic E-state index is 0. The van der Waals surface area contributed by atoms with Gasteiger partial charge in [0, 0.05) is 25.3 Å². The van der Waals surface area contributed by atoms with Crippen LogP contribution in [0, 0.1) is 0 Å². The molecule has 2 rings (SSSR count). The molecule has 1 unspecified atom stereocenters. The highest BCUT2D eigenvalue weighted by Crippen LogP contribution is 2.13. The van der Waals surface area contributed by atoms with Crippen molar-refractivity contribution in [2.24, 2.45) is 5.73 Å². The maximum absolute atomic E-state index is 8.89. The minimum atomic E-state index is -0.203. The van der Waals surface area contributed by atoms with Crippen molar-refractivity contribution in [2.45, 2.75) is 12.5 Å². The first-order valence-electron chi connectivity index (χ1n) is 5.93. The topological polar surface area (TPSA) is 71.6 Å². The highest BCUT2D eigenvalue weighted by atomic mass is 35.5. The van der Waals surface area contributed by atoms with Crippen LogP contribution in [0.2, 0.25) is 0 Å². The molecule has 1 atom stereocenters. The van der Waals surface area contributed by atoms with Gasteiger partial charge in [-0.25, -0.2) is 4.98 Å². The Kier molecular flexibility index (Phi) is 6.35. The molecule has 0 saturated carbocycles. The molecule has 1 aromatic rings. The number of aromatic nitrogens is 1. The number of morpholine rings is 1. The van der Waals surface area contributed by atoms with Crippen molar-refractivity contribution in [1.82, 2.24) is 4.98 Å². The number of hydrogen-bond acceptors (Lipinski definition) is 5. The van der Waals surface area contributed by atoms with Gasteiger partial charge in [0.05, 0.1) is 19.8 Å². The number of aliphatic hydroxyl groups excluding tert-OH is 1. The van der Waals surface area contributed by atoms with Gasteiger partial charge < -0.3 is 20.5 Å². The van der Waals surface area contributed by atoms with Crippen molar-refractivity contribution >= 4 is 18.2 Å². The van der Waals surface area contributed by atoms with Gasteiger partial charge in [0.25, 0.3) is 0 Å². The first kappa shape index (κ1) is 15.2. The molecule has 18 heavy (non-hydrogen) atoms. The van der Waals surface area contributed by atoms with Crippen molar-refractivity contribution in [3.63, 3.8) is 0 Å². The summed E-state index contributed by atoms with van der Waals surface area (Å²) in [6.07, 6.45) is 2.49. The minimum Gasteiger partial charge on any atom is -0.395 e. The van der Waals surface area contributed by atoms with Crippen LogP contribution < -0.4 is 10.6 Å². The number of anilines is 1. The quantitative estimate of drug-likeness (QED) is 0.820. The second kappa shape index (κ2) is 7.53. The predicted molar refractivity (Wildman–Crippen MR) is 73.3 cm³/mol. The fourth-order valence-corrected chi connectivity index (χ4v) is 1.88. The van der Waals surface area contributed by atoms with E-state index in [-0.39, 0.29) is 25.1 Å². The molecular formula is C12H20ClN3O2. The molecular weight excluding hydrogens is 254 g/mol. The summed E-state index contributed by atoms with van der Waals surface area (Å²) in [5.41, 5.74) is 6.74. The normalized spacial score (nSPS) is 17.1. The fourth-order valence-electron chi connectivity index (χ4n) is 1.88. The highest BCUT2D eigenvalue weighted by Gasteiger charge is 2.12. The maximum Gasteiger partial charge on any atom is 0.128 e. The maximum atomic E-state index is 8.89. The molecule has 102 valence electrons. The van der Waals surface area contributed by atoms with Crippen LogP contribution in [-0.4, -0.2) is 49.0 Å². The lowest BCUT2D eigenvalue weighted by Crippen LogP contribution is -2.36. The van der Waals surface area contributed by atoms with Crippen LogP contribution >= 0.6 is 12.4 Å². The summed E-state index contributed by atoms with van der Waals surface area (Å²) in [6, 6.07) is 3.82. The van der Waals surface area contributed by atoms with E-state index in [4.69, 9.17) is 15.6 Å². The first-order chi connectivity index (χ1) is 8.29. The van der Waals surface area contributed by atoms with Crippen LogP contribution in [0.5, 0.6) is 0 Å². The van der Waals surface area contributed by atoms with Crippen molar-refractivity contribution in [3.8, 4) is 0 Å². The van der Waals surface area contributed by atoms with E-state index in [1.54, 1.807) is 0 Å². The number of rotatable bonds is 4. The standard InChI is InChI=1S/C12H19N3O2.ClH/c13-11(9-16)7-10-1-2-12(14-8-10)15-3-5-17-6-4-15;/h1-2,8,11,16H,3-7,9,13H2;1H. The van der Waals surface area contributed by atoms with Gasteiger partial charge >= 0.3 is 0 Å². The highest BCUT2D eigenvalue weighted by molar-refractivity contribution is 5.85. The zero-order valence-electron chi connectivity index (χ0n) is 10.3. The third kappa shape index (κ3) is 4.10. The lowest BCUT2D eigenvalue weighted by molar-refractivity contribution is 0.122. The largest absolute Gasteiger partial charge is 0.395 e. The molecule has 1 aliphatic heterocycles. The van der Waals surface area contributed by atoms with Crippen LogP contribution in [0.15, 0.2) is 18.3 Å². The van der Waals surface area contributed by atoms with Gasteiger partial charge in [-0.15, -0.1) is 12.4 Å². The molecule has 0 spiro atoms. The van der Waals surface area contributed by atoms with Crippen LogP contribution in [0.25, 0.3) is 0 Å². The lowest BCUT2D eigenvalue weighted by atomic mass is 10.1. The molecule has 1 fully saturated rings. The van der Waals surface area contributed by atoms with E-state index in [1.165, 1.54) is 0 Å². The Morgan fingerprint density at radius 2 is 2.11 bits per heavy atom. The van der Waals surface area contributed by atoms with E-state index < -0.39 is 0 Å². The van der Waals surface area contributed by atoms with E-state index in [1.807, 2.05) is 18.3 Å². The molecule has 0 amide bonds. The molecule has 2 heterocycles. The Bertz CT molecular complexity index is 342. The third-order valence-corrected chi connectivity index (χ3v) is 2.88. The summed E-state index contributed by atoms with van der Waals surface area (Å²) in [6.45, 7) is 3.31. The van der Waals surface area contributed by atoms with E-state index in [9.17, 15) is 0 Å². The van der Waals surface area contributed by atoms with Gasteiger partial charge in [-0.05, 0) is 18.1 Å². The van der Waals surface area contributed by atoms with E-state index in [0.717, 1.165) is 37.7 Å². The van der Waals surface area contributed by atoms with Gasteiger partial charge in [-0.2, -0.15) is 0 Å². The number of hydrogen-bond donors (Lipinski definition) is 2. The Labute approximate surface area is 113 Å². The molecule has 0 aliphatic carbocycles. The average Bonchev–Trinajstić information content (AvgIpc) is 2.40. The molecule has 3 N–H and O–H groups in total. The Morgan fingerprint density at radius 1 is 1.39 bits per heavy atom. The Balaban J connectivity index is 0.00000162. The number of nitrogens with two attached hydrogens (primary N) is 1. The van der Waals surface area contributed by atoms with Gasteiger partial charge in [0.15, 0.2) is 0 Å². The predicted octanol–water partition coefficient (Wildman–Crippen LogP) is 0.202. The SMILES string of the molecule is Cl.NC(CO)Cc1ccc(N2CCOCC2)nc1. The van der Waals surface area contributed by atoms with Gasteiger partial charge in [-0.3, -0.25) is 0 Å². The number of nitrogens with zero attached hydrogens (tertiary/aromatic N) is 2. The monoisotopic (exact) mass is 273 g/mol. The second-order valence-electron chi connectivity index (χ2n) is 4.27. The van der Waals surface area contributed by atoms with Crippen LogP contribution in [-0.2, 0) is 11.2 Å². The molecule has 5 nitrogen and oxygen atoms in total. The lowest BCUT2D eigenvalue weighted by Gasteiger charge is -2.27. The van der Waals surface area contributed by atoms with Crippen LogP contribution in [0.4, 0.5) is 5.82 Å². The molecule has 1 aliphatic rings. The molecule has 0 bridgehead atoms. The zero-order chi connectivity index (χ0) is 12.1. The van der Waals surface area contributed by atoms with Crippen molar-refractivity contribution in [1.29, 1.82) is 0 Å². The zero-order valence-corrected chi connectivity index (χ0v) is 11.1. The summed E-state index contributed by atoms with van der Waals surface area (Å²) in [4.78, 5) is 6.63. The Hall–Kier alpha value is -0.880. The summed E-state index contributed by atoms with van der Waals surface area (Å²) in [5.74, 6) is 0.981.